The lowest BCUT2D eigenvalue weighted by Gasteiger charge is -2.01. The molecule has 1 aromatic carbocycles. The smallest absolute Gasteiger partial charge is 0.337 e. The van der Waals surface area contributed by atoms with Crippen LogP contribution in [0.2, 0.25) is 0 Å². The minimum absolute atomic E-state index is 0.108. The third-order valence-electron chi connectivity index (χ3n) is 1.63. The maximum Gasteiger partial charge on any atom is 0.337 e. The number of hydrogen-bond acceptors (Lipinski definition) is 3. The number of benzene rings is 1. The van der Waals surface area contributed by atoms with E-state index >= 15 is 0 Å². The first kappa shape index (κ1) is 12.2. The van der Waals surface area contributed by atoms with Crippen molar-refractivity contribution >= 4 is 34.1 Å². The number of nitrogens with two attached hydrogens (primary N) is 2. The van der Waals surface area contributed by atoms with Gasteiger partial charge < -0.3 is 16.6 Å². The Bertz CT molecular complexity index is 467. The molecule has 0 spiro atoms. The number of guanidine groups is 1. The fourth-order valence-corrected chi connectivity index (χ4v) is 1.58. The number of carboxylic acids is 1. The summed E-state index contributed by atoms with van der Waals surface area (Å²) in [4.78, 5) is 11.0. The molecular weight excluding hydrogens is 276 g/mol. The molecule has 6 nitrogen and oxygen atoms in total. The second-order valence-corrected chi connectivity index (χ2v) is 3.63. The van der Waals surface area contributed by atoms with Crippen molar-refractivity contribution in [1.82, 2.24) is 0 Å². The summed E-state index contributed by atoms with van der Waals surface area (Å²) in [5.41, 5.74) is 10.7. The first-order valence-corrected chi connectivity index (χ1v) is 4.95. The normalized spacial score (nSPS) is 10.3. The van der Waals surface area contributed by atoms with Gasteiger partial charge in [-0.05, 0) is 22.0 Å². The number of halogens is 1. The van der Waals surface area contributed by atoms with E-state index in [2.05, 4.69) is 26.1 Å². The molecule has 0 heterocycles. The molecule has 0 aromatic heterocycles. The third kappa shape index (κ3) is 3.06. The van der Waals surface area contributed by atoms with Crippen LogP contribution in [-0.4, -0.2) is 23.2 Å². The van der Waals surface area contributed by atoms with Crippen molar-refractivity contribution in [2.45, 2.75) is 0 Å². The van der Waals surface area contributed by atoms with Crippen molar-refractivity contribution in [3.8, 4) is 0 Å². The standard InChI is InChI=1S/C9H9BrN4O2/c10-6-3-1-2-5(7(6)8(15)16)4-13-14-9(11)12/h1-4H,(H,15,16)(H4,11,12,14). The van der Waals surface area contributed by atoms with Crippen LogP contribution in [0.4, 0.5) is 0 Å². The highest BCUT2D eigenvalue weighted by Gasteiger charge is 2.12. The minimum Gasteiger partial charge on any atom is -0.478 e. The number of carbonyl (C=O) groups is 1. The second-order valence-electron chi connectivity index (χ2n) is 2.78. The highest BCUT2D eigenvalue weighted by atomic mass is 79.9. The van der Waals surface area contributed by atoms with E-state index in [1.807, 2.05) is 0 Å². The molecule has 0 saturated carbocycles. The highest BCUT2D eigenvalue weighted by molar-refractivity contribution is 9.10. The van der Waals surface area contributed by atoms with E-state index in [4.69, 9.17) is 16.6 Å². The number of nitrogens with zero attached hydrogens (tertiary/aromatic N) is 2. The zero-order valence-corrected chi connectivity index (χ0v) is 9.68. The molecule has 84 valence electrons. The third-order valence-corrected chi connectivity index (χ3v) is 2.29. The van der Waals surface area contributed by atoms with E-state index < -0.39 is 5.97 Å². The van der Waals surface area contributed by atoms with Gasteiger partial charge in [0.15, 0.2) is 0 Å². The van der Waals surface area contributed by atoms with E-state index in [9.17, 15) is 4.79 Å². The molecule has 0 unspecified atom stereocenters. The van der Waals surface area contributed by atoms with Gasteiger partial charge in [-0.25, -0.2) is 4.79 Å². The molecule has 1 aromatic rings. The monoisotopic (exact) mass is 284 g/mol. The largest absolute Gasteiger partial charge is 0.478 e. The van der Waals surface area contributed by atoms with Gasteiger partial charge in [-0.3, -0.25) is 0 Å². The lowest BCUT2D eigenvalue weighted by molar-refractivity contribution is 0.0696. The number of rotatable bonds is 3. The quantitative estimate of drug-likeness (QED) is 0.432. The SMILES string of the molecule is NC(N)=NN=Cc1cccc(Br)c1C(=O)O. The van der Waals surface area contributed by atoms with E-state index in [-0.39, 0.29) is 11.5 Å². The van der Waals surface area contributed by atoms with Crippen LogP contribution in [0.5, 0.6) is 0 Å². The Hall–Kier alpha value is -1.89. The molecule has 7 heteroatoms. The van der Waals surface area contributed by atoms with E-state index in [1.165, 1.54) is 6.21 Å². The molecule has 5 N–H and O–H groups in total. The zero-order valence-electron chi connectivity index (χ0n) is 8.09. The first-order chi connectivity index (χ1) is 7.52. The van der Waals surface area contributed by atoms with E-state index in [0.29, 0.717) is 10.0 Å². The van der Waals surface area contributed by atoms with Crippen LogP contribution in [0.1, 0.15) is 15.9 Å². The molecule has 0 aliphatic rings. The fraction of sp³-hybridized carbons (Fsp3) is 0. The van der Waals surface area contributed by atoms with Gasteiger partial charge >= 0.3 is 5.97 Å². The van der Waals surface area contributed by atoms with Gasteiger partial charge in [0, 0.05) is 10.0 Å². The summed E-state index contributed by atoms with van der Waals surface area (Å²) in [5.74, 6) is -1.25. The molecule has 0 atom stereocenters. The van der Waals surface area contributed by atoms with Crippen LogP contribution in [0.15, 0.2) is 32.9 Å². The summed E-state index contributed by atoms with van der Waals surface area (Å²) in [5, 5.41) is 15.9. The Morgan fingerprint density at radius 2 is 2.12 bits per heavy atom. The predicted octanol–water partition coefficient (Wildman–Crippen LogP) is 0.755. The number of aromatic carboxylic acids is 1. The van der Waals surface area contributed by atoms with Crippen molar-refractivity contribution in [2.24, 2.45) is 21.7 Å². The van der Waals surface area contributed by atoms with Crippen molar-refractivity contribution < 1.29 is 9.90 Å². The Balaban J connectivity index is 3.14. The molecule has 16 heavy (non-hydrogen) atoms. The minimum atomic E-state index is -1.06. The van der Waals surface area contributed by atoms with E-state index in [1.54, 1.807) is 18.2 Å². The Morgan fingerprint density at radius 3 is 2.69 bits per heavy atom. The predicted molar refractivity (Wildman–Crippen MR) is 64.5 cm³/mol. The average Bonchev–Trinajstić information content (AvgIpc) is 2.16. The summed E-state index contributed by atoms with van der Waals surface area (Å²) in [6.45, 7) is 0. The fourth-order valence-electron chi connectivity index (χ4n) is 1.03. The molecule has 1 rings (SSSR count). The second kappa shape index (κ2) is 5.26. The van der Waals surface area contributed by atoms with Crippen LogP contribution in [-0.2, 0) is 0 Å². The lowest BCUT2D eigenvalue weighted by atomic mass is 10.1. The molecule has 0 fully saturated rings. The molecule has 0 saturated heterocycles. The molecule has 0 aliphatic heterocycles. The maximum atomic E-state index is 11.0. The molecule has 0 radical (unpaired) electrons. The zero-order chi connectivity index (χ0) is 12.1. The van der Waals surface area contributed by atoms with Gasteiger partial charge in [-0.2, -0.15) is 5.10 Å². The van der Waals surface area contributed by atoms with Crippen LogP contribution in [0, 0.1) is 0 Å². The van der Waals surface area contributed by atoms with Crippen LogP contribution >= 0.6 is 15.9 Å². The lowest BCUT2D eigenvalue weighted by Crippen LogP contribution is -2.21. The van der Waals surface area contributed by atoms with Gasteiger partial charge in [0.1, 0.15) is 0 Å². The number of hydrogen-bond donors (Lipinski definition) is 3. The van der Waals surface area contributed by atoms with Crippen LogP contribution in [0.3, 0.4) is 0 Å². The van der Waals surface area contributed by atoms with Gasteiger partial charge in [0.25, 0.3) is 0 Å². The van der Waals surface area contributed by atoms with Crippen molar-refractivity contribution in [1.29, 1.82) is 0 Å². The maximum absolute atomic E-state index is 11.0. The number of carboxylic acid groups (broad SMARTS) is 1. The Kier molecular flexibility index (Phi) is 4.01. The van der Waals surface area contributed by atoms with Gasteiger partial charge in [0.2, 0.25) is 5.96 Å². The highest BCUT2D eigenvalue weighted by Crippen LogP contribution is 2.19. The Morgan fingerprint density at radius 1 is 1.44 bits per heavy atom. The van der Waals surface area contributed by atoms with Crippen molar-refractivity contribution in [3.05, 3.63) is 33.8 Å². The molecule has 0 amide bonds. The summed E-state index contributed by atoms with van der Waals surface area (Å²) >= 11 is 3.14. The summed E-state index contributed by atoms with van der Waals surface area (Å²) in [6.07, 6.45) is 1.27. The van der Waals surface area contributed by atoms with Crippen molar-refractivity contribution in [3.63, 3.8) is 0 Å². The summed E-state index contributed by atoms with van der Waals surface area (Å²) in [7, 11) is 0. The van der Waals surface area contributed by atoms with Crippen LogP contribution in [0.25, 0.3) is 0 Å². The topological polar surface area (TPSA) is 114 Å². The summed E-state index contributed by atoms with van der Waals surface area (Å²) < 4.78 is 0.466. The van der Waals surface area contributed by atoms with Gasteiger partial charge in [-0.15, -0.1) is 5.10 Å². The van der Waals surface area contributed by atoms with Gasteiger partial charge in [-0.1, -0.05) is 12.1 Å². The summed E-state index contributed by atoms with van der Waals surface area (Å²) in [6, 6.07) is 4.91. The molecule has 0 aliphatic carbocycles. The van der Waals surface area contributed by atoms with Crippen molar-refractivity contribution in [2.75, 3.05) is 0 Å². The first-order valence-electron chi connectivity index (χ1n) is 4.16. The van der Waals surface area contributed by atoms with Gasteiger partial charge in [0.05, 0.1) is 11.8 Å². The average molecular weight is 285 g/mol. The Labute approximate surface area is 99.8 Å². The van der Waals surface area contributed by atoms with Crippen LogP contribution < -0.4 is 11.5 Å². The molecule has 0 bridgehead atoms. The molecular formula is C9H9BrN4O2. The van der Waals surface area contributed by atoms with E-state index in [0.717, 1.165) is 0 Å².